The average Bonchev–Trinajstić information content (AvgIpc) is 3.23. The third-order valence-corrected chi connectivity index (χ3v) is 6.01. The van der Waals surface area contributed by atoms with Gasteiger partial charge in [0.15, 0.2) is 23.0 Å². The molecule has 3 heterocycles. The Hall–Kier alpha value is -3.42. The molecule has 1 unspecified atom stereocenters. The predicted molar refractivity (Wildman–Crippen MR) is 116 cm³/mol. The van der Waals surface area contributed by atoms with Gasteiger partial charge in [0, 0.05) is 43.4 Å². The van der Waals surface area contributed by atoms with Crippen molar-refractivity contribution in [3.8, 4) is 23.0 Å². The highest BCUT2D eigenvalue weighted by molar-refractivity contribution is 6.00. The van der Waals surface area contributed by atoms with Gasteiger partial charge in [-0.3, -0.25) is 9.59 Å². The maximum absolute atomic E-state index is 13.3. The molecule has 3 aliphatic rings. The Kier molecular flexibility index (Phi) is 5.51. The van der Waals surface area contributed by atoms with E-state index in [0.29, 0.717) is 69.1 Å². The van der Waals surface area contributed by atoms with Gasteiger partial charge in [0.25, 0.3) is 0 Å². The Morgan fingerprint density at radius 2 is 1.75 bits per heavy atom. The first-order chi connectivity index (χ1) is 15.6. The number of benzene rings is 2. The number of anilines is 1. The molecule has 0 saturated carbocycles. The summed E-state index contributed by atoms with van der Waals surface area (Å²) in [6.45, 7) is 5.25. The van der Waals surface area contributed by atoms with Crippen molar-refractivity contribution in [3.05, 3.63) is 42.0 Å². The number of ether oxygens (including phenoxy) is 4. The van der Waals surface area contributed by atoms with E-state index in [4.69, 9.17) is 18.9 Å². The van der Waals surface area contributed by atoms with Crippen molar-refractivity contribution in [2.45, 2.75) is 19.9 Å². The van der Waals surface area contributed by atoms with Crippen LogP contribution in [0.25, 0.3) is 0 Å². The number of carbonyl (C=O) groups excluding carboxylic acids is 2. The van der Waals surface area contributed by atoms with E-state index in [1.165, 1.54) is 0 Å². The lowest BCUT2D eigenvalue weighted by atomic mass is 10.1. The van der Waals surface area contributed by atoms with Gasteiger partial charge >= 0.3 is 0 Å². The molecule has 0 radical (unpaired) electrons. The fraction of sp³-hybridized carbons (Fsp3) is 0.417. The second kappa shape index (κ2) is 8.61. The van der Waals surface area contributed by atoms with Gasteiger partial charge in [-0.05, 0) is 25.1 Å². The molecule has 2 aromatic carbocycles. The number of amides is 2. The monoisotopic (exact) mass is 438 g/mol. The van der Waals surface area contributed by atoms with E-state index in [1.807, 2.05) is 43.3 Å². The molecule has 32 heavy (non-hydrogen) atoms. The molecule has 5 rings (SSSR count). The lowest BCUT2D eigenvalue weighted by molar-refractivity contribution is -0.136. The zero-order valence-corrected chi connectivity index (χ0v) is 18.0. The molecule has 168 valence electrons. The standard InChI is InChI=1S/C24H26N2O6/c1-2-25(14-16-4-3-5-20-23(16)32-11-10-30-20)24(28)17-12-22(27)26(15-17)18-6-7-19-21(13-18)31-9-8-29-19/h3-7,13,17H,2,8-12,14-15H2,1H3. The smallest absolute Gasteiger partial charge is 0.228 e. The maximum atomic E-state index is 13.3. The van der Waals surface area contributed by atoms with Crippen LogP contribution in [0.2, 0.25) is 0 Å². The molecular weight excluding hydrogens is 412 g/mol. The fourth-order valence-corrected chi connectivity index (χ4v) is 4.39. The molecule has 3 aliphatic heterocycles. The summed E-state index contributed by atoms with van der Waals surface area (Å²) in [6.07, 6.45) is 0.191. The quantitative estimate of drug-likeness (QED) is 0.714. The molecule has 1 fully saturated rings. The van der Waals surface area contributed by atoms with Gasteiger partial charge in [-0.2, -0.15) is 0 Å². The van der Waals surface area contributed by atoms with Crippen molar-refractivity contribution >= 4 is 17.5 Å². The number of carbonyl (C=O) groups is 2. The zero-order valence-electron chi connectivity index (χ0n) is 18.0. The number of rotatable bonds is 5. The van der Waals surface area contributed by atoms with Crippen LogP contribution in [0.3, 0.4) is 0 Å². The summed E-state index contributed by atoms with van der Waals surface area (Å²) in [5.74, 6) is 2.22. The van der Waals surface area contributed by atoms with E-state index >= 15 is 0 Å². The highest BCUT2D eigenvalue weighted by atomic mass is 16.6. The number of para-hydroxylation sites is 1. The minimum absolute atomic E-state index is 0.0322. The van der Waals surface area contributed by atoms with Crippen molar-refractivity contribution in [1.29, 1.82) is 0 Å². The summed E-state index contributed by atoms with van der Waals surface area (Å²) >= 11 is 0. The third kappa shape index (κ3) is 3.81. The van der Waals surface area contributed by atoms with Crippen molar-refractivity contribution in [2.75, 3.05) is 44.4 Å². The first-order valence-corrected chi connectivity index (χ1v) is 11.0. The summed E-state index contributed by atoms with van der Waals surface area (Å²) in [6, 6.07) is 11.2. The average molecular weight is 438 g/mol. The molecule has 1 saturated heterocycles. The highest BCUT2D eigenvalue weighted by Crippen LogP contribution is 2.37. The Balaban J connectivity index is 1.30. The summed E-state index contributed by atoms with van der Waals surface area (Å²) in [5.41, 5.74) is 1.63. The van der Waals surface area contributed by atoms with Gasteiger partial charge in [-0.15, -0.1) is 0 Å². The minimum atomic E-state index is -0.396. The molecule has 8 nitrogen and oxygen atoms in total. The highest BCUT2D eigenvalue weighted by Gasteiger charge is 2.37. The first-order valence-electron chi connectivity index (χ1n) is 11.0. The van der Waals surface area contributed by atoms with Crippen LogP contribution in [0.1, 0.15) is 18.9 Å². The van der Waals surface area contributed by atoms with Crippen LogP contribution in [-0.2, 0) is 16.1 Å². The first kappa shape index (κ1) is 20.5. The zero-order chi connectivity index (χ0) is 22.1. The largest absolute Gasteiger partial charge is 0.486 e. The van der Waals surface area contributed by atoms with Crippen LogP contribution in [0, 0.1) is 5.92 Å². The van der Waals surface area contributed by atoms with Crippen molar-refractivity contribution in [2.24, 2.45) is 5.92 Å². The van der Waals surface area contributed by atoms with Crippen LogP contribution in [0.4, 0.5) is 5.69 Å². The normalized spacial score (nSPS) is 19.1. The van der Waals surface area contributed by atoms with Gasteiger partial charge in [0.1, 0.15) is 26.4 Å². The van der Waals surface area contributed by atoms with E-state index in [0.717, 1.165) is 11.3 Å². The van der Waals surface area contributed by atoms with E-state index in [9.17, 15) is 9.59 Å². The molecule has 0 bridgehead atoms. The molecule has 0 N–H and O–H groups in total. The summed E-state index contributed by atoms with van der Waals surface area (Å²) < 4.78 is 22.7. The van der Waals surface area contributed by atoms with Crippen LogP contribution in [-0.4, -0.2) is 56.2 Å². The number of hydrogen-bond donors (Lipinski definition) is 0. The summed E-state index contributed by atoms with van der Waals surface area (Å²) in [7, 11) is 0. The van der Waals surface area contributed by atoms with E-state index < -0.39 is 5.92 Å². The Morgan fingerprint density at radius 3 is 2.56 bits per heavy atom. The van der Waals surface area contributed by atoms with Gasteiger partial charge in [0.2, 0.25) is 11.8 Å². The molecule has 2 amide bonds. The summed E-state index contributed by atoms with van der Waals surface area (Å²) in [4.78, 5) is 29.5. The lowest BCUT2D eigenvalue weighted by Gasteiger charge is -2.27. The predicted octanol–water partition coefficient (Wildman–Crippen LogP) is 2.63. The number of hydrogen-bond acceptors (Lipinski definition) is 6. The van der Waals surface area contributed by atoms with Gasteiger partial charge in [0.05, 0.1) is 5.92 Å². The van der Waals surface area contributed by atoms with Crippen LogP contribution >= 0.6 is 0 Å². The van der Waals surface area contributed by atoms with E-state index in [-0.39, 0.29) is 18.2 Å². The van der Waals surface area contributed by atoms with Crippen LogP contribution in [0.5, 0.6) is 23.0 Å². The molecular formula is C24H26N2O6. The van der Waals surface area contributed by atoms with Crippen LogP contribution in [0.15, 0.2) is 36.4 Å². The topological polar surface area (TPSA) is 77.5 Å². The number of fused-ring (bicyclic) bond motifs is 2. The molecule has 2 aromatic rings. The molecule has 0 aromatic heterocycles. The third-order valence-electron chi connectivity index (χ3n) is 6.01. The number of nitrogens with zero attached hydrogens (tertiary/aromatic N) is 2. The second-order valence-electron chi connectivity index (χ2n) is 8.03. The van der Waals surface area contributed by atoms with E-state index in [1.54, 1.807) is 9.80 Å². The molecule has 0 aliphatic carbocycles. The molecule has 8 heteroatoms. The molecule has 0 spiro atoms. The second-order valence-corrected chi connectivity index (χ2v) is 8.03. The summed E-state index contributed by atoms with van der Waals surface area (Å²) in [5, 5.41) is 0. The fourth-order valence-electron chi connectivity index (χ4n) is 4.39. The minimum Gasteiger partial charge on any atom is -0.486 e. The van der Waals surface area contributed by atoms with Crippen molar-refractivity contribution in [1.82, 2.24) is 4.90 Å². The Bertz CT molecular complexity index is 1040. The van der Waals surface area contributed by atoms with Crippen LogP contribution < -0.4 is 23.8 Å². The SMILES string of the molecule is CCN(Cc1cccc2c1OCCO2)C(=O)C1CC(=O)N(c2ccc3c(c2)OCCO3)C1. The molecule has 1 atom stereocenters. The van der Waals surface area contributed by atoms with Crippen molar-refractivity contribution < 1.29 is 28.5 Å². The maximum Gasteiger partial charge on any atom is 0.228 e. The Labute approximate surface area is 186 Å². The van der Waals surface area contributed by atoms with Gasteiger partial charge in [-0.25, -0.2) is 0 Å². The van der Waals surface area contributed by atoms with Gasteiger partial charge in [-0.1, -0.05) is 12.1 Å². The van der Waals surface area contributed by atoms with Crippen molar-refractivity contribution in [3.63, 3.8) is 0 Å². The van der Waals surface area contributed by atoms with Gasteiger partial charge < -0.3 is 28.7 Å². The van der Waals surface area contributed by atoms with E-state index in [2.05, 4.69) is 0 Å². The Morgan fingerprint density at radius 1 is 1.00 bits per heavy atom. The lowest BCUT2D eigenvalue weighted by Crippen LogP contribution is -2.37.